The van der Waals surface area contributed by atoms with Crippen LogP contribution in [0.4, 0.5) is 21.9 Å². The van der Waals surface area contributed by atoms with Crippen molar-refractivity contribution in [2.45, 2.75) is 45.4 Å². The number of aliphatic imine (C=N–C) groups is 1. The summed E-state index contributed by atoms with van der Waals surface area (Å²) < 4.78 is 5.99. The predicted octanol–water partition coefficient (Wildman–Crippen LogP) is 4.40. The van der Waals surface area contributed by atoms with Crippen LogP contribution < -0.4 is 15.5 Å². The lowest BCUT2D eigenvalue weighted by atomic mass is 10.1. The van der Waals surface area contributed by atoms with Crippen LogP contribution in [0.5, 0.6) is 0 Å². The average Bonchev–Trinajstić information content (AvgIpc) is 3.47. The molecule has 2 aliphatic rings. The van der Waals surface area contributed by atoms with Gasteiger partial charge in [-0.05, 0) is 57.0 Å². The molecule has 1 fully saturated rings. The van der Waals surface area contributed by atoms with E-state index in [9.17, 15) is 4.79 Å². The molecule has 4 rings (SSSR count). The van der Waals surface area contributed by atoms with E-state index in [0.717, 1.165) is 35.5 Å². The van der Waals surface area contributed by atoms with Gasteiger partial charge < -0.3 is 15.4 Å². The van der Waals surface area contributed by atoms with Gasteiger partial charge in [-0.3, -0.25) is 4.90 Å². The molecule has 2 amide bonds. The topological polar surface area (TPSA) is 66.0 Å². The highest BCUT2D eigenvalue weighted by molar-refractivity contribution is 5.96. The standard InChI is InChI=1S/C21H24N4O2/c1-14(2)22-20(26)23-16-8-11-19-15(12-16)13-27-21(24-19)25(18-9-10-18)17-6-4-3-5-7-17/h3-8,11-12,14,18H,9-10,13H2,1-2H3,(H2,22,23,26). The molecule has 2 N–H and O–H groups in total. The van der Waals surface area contributed by atoms with Crippen LogP contribution in [-0.4, -0.2) is 24.1 Å². The third kappa shape index (κ3) is 4.05. The maximum Gasteiger partial charge on any atom is 0.319 e. The molecule has 1 aliphatic carbocycles. The number of amides is 2. The molecule has 0 bridgehead atoms. The number of carbonyl (C=O) groups is 1. The molecule has 0 unspecified atom stereocenters. The van der Waals surface area contributed by atoms with Gasteiger partial charge in [0.25, 0.3) is 6.02 Å². The van der Waals surface area contributed by atoms with E-state index >= 15 is 0 Å². The van der Waals surface area contributed by atoms with E-state index in [4.69, 9.17) is 9.73 Å². The van der Waals surface area contributed by atoms with E-state index < -0.39 is 0 Å². The zero-order valence-corrected chi connectivity index (χ0v) is 15.6. The van der Waals surface area contributed by atoms with Gasteiger partial charge in [-0.25, -0.2) is 4.79 Å². The minimum atomic E-state index is -0.213. The van der Waals surface area contributed by atoms with Crippen molar-refractivity contribution in [1.29, 1.82) is 0 Å². The molecule has 0 radical (unpaired) electrons. The highest BCUT2D eigenvalue weighted by Crippen LogP contribution is 2.35. The Hall–Kier alpha value is -3.02. The van der Waals surface area contributed by atoms with Gasteiger partial charge in [0, 0.05) is 29.0 Å². The van der Waals surface area contributed by atoms with Crippen molar-refractivity contribution in [1.82, 2.24) is 5.32 Å². The van der Waals surface area contributed by atoms with Crippen LogP contribution in [0.1, 0.15) is 32.3 Å². The van der Waals surface area contributed by atoms with Gasteiger partial charge in [0.2, 0.25) is 0 Å². The van der Waals surface area contributed by atoms with E-state index in [1.807, 2.05) is 50.2 Å². The van der Waals surface area contributed by atoms with Crippen molar-refractivity contribution in [3.05, 3.63) is 54.1 Å². The number of anilines is 2. The summed E-state index contributed by atoms with van der Waals surface area (Å²) in [6.45, 7) is 4.29. The molecule has 140 valence electrons. The number of hydrogen-bond donors (Lipinski definition) is 2. The Bertz CT molecular complexity index is 860. The van der Waals surface area contributed by atoms with Crippen LogP contribution in [0.15, 0.2) is 53.5 Å². The zero-order chi connectivity index (χ0) is 18.8. The lowest BCUT2D eigenvalue weighted by Gasteiger charge is -2.28. The quantitative estimate of drug-likeness (QED) is 0.845. The van der Waals surface area contributed by atoms with Gasteiger partial charge in [0.15, 0.2) is 0 Å². The monoisotopic (exact) mass is 364 g/mol. The highest BCUT2D eigenvalue weighted by Gasteiger charge is 2.34. The summed E-state index contributed by atoms with van der Waals surface area (Å²) in [5, 5.41) is 5.66. The molecular formula is C21H24N4O2. The number of benzene rings is 2. The van der Waals surface area contributed by atoms with Gasteiger partial charge in [0.1, 0.15) is 6.61 Å². The first-order valence-electron chi connectivity index (χ1n) is 9.36. The molecule has 0 spiro atoms. The third-order valence-corrected chi connectivity index (χ3v) is 4.48. The summed E-state index contributed by atoms with van der Waals surface area (Å²) in [6, 6.07) is 16.9. The Labute approximate surface area is 159 Å². The number of urea groups is 1. The second-order valence-corrected chi connectivity index (χ2v) is 7.22. The fourth-order valence-corrected chi connectivity index (χ4v) is 3.12. The molecular weight excluding hydrogens is 340 g/mol. The van der Waals surface area contributed by atoms with Crippen LogP contribution in [0, 0.1) is 0 Å². The SMILES string of the molecule is CC(C)NC(=O)Nc1ccc2c(c1)COC(N(c1ccccc1)C1CC1)=N2. The van der Waals surface area contributed by atoms with Crippen molar-refractivity contribution in [3.8, 4) is 0 Å². The van der Waals surface area contributed by atoms with Gasteiger partial charge in [-0.15, -0.1) is 0 Å². The number of carbonyl (C=O) groups excluding carboxylic acids is 1. The summed E-state index contributed by atoms with van der Waals surface area (Å²) in [5.74, 6) is 0. The Kier molecular flexibility index (Phi) is 4.71. The van der Waals surface area contributed by atoms with Gasteiger partial charge in [-0.2, -0.15) is 4.99 Å². The van der Waals surface area contributed by atoms with E-state index in [0.29, 0.717) is 18.7 Å². The second kappa shape index (κ2) is 7.31. The number of rotatable bonds is 4. The molecule has 1 aliphatic heterocycles. The fourth-order valence-electron chi connectivity index (χ4n) is 3.12. The smallest absolute Gasteiger partial charge is 0.319 e. The number of hydrogen-bond acceptors (Lipinski definition) is 4. The van der Waals surface area contributed by atoms with Gasteiger partial charge in [-0.1, -0.05) is 18.2 Å². The number of amidine groups is 1. The minimum Gasteiger partial charge on any atom is -0.460 e. The summed E-state index contributed by atoms with van der Waals surface area (Å²) >= 11 is 0. The predicted molar refractivity (Wildman–Crippen MR) is 108 cm³/mol. The molecule has 6 heteroatoms. The summed E-state index contributed by atoms with van der Waals surface area (Å²) in [6.07, 6.45) is 2.30. The minimum absolute atomic E-state index is 0.0875. The van der Waals surface area contributed by atoms with E-state index in [1.54, 1.807) is 0 Å². The van der Waals surface area contributed by atoms with Crippen LogP contribution in [0.3, 0.4) is 0 Å². The average molecular weight is 364 g/mol. The first-order valence-corrected chi connectivity index (χ1v) is 9.36. The first kappa shape index (κ1) is 17.4. The normalized spacial score (nSPS) is 15.4. The lowest BCUT2D eigenvalue weighted by Crippen LogP contribution is -2.36. The maximum atomic E-state index is 11.9. The molecule has 1 saturated carbocycles. The second-order valence-electron chi connectivity index (χ2n) is 7.22. The molecule has 0 aromatic heterocycles. The third-order valence-electron chi connectivity index (χ3n) is 4.48. The van der Waals surface area contributed by atoms with Crippen molar-refractivity contribution < 1.29 is 9.53 Å². The van der Waals surface area contributed by atoms with Crippen molar-refractivity contribution in [2.75, 3.05) is 10.2 Å². The first-order chi connectivity index (χ1) is 13.1. The van der Waals surface area contributed by atoms with Crippen molar-refractivity contribution in [2.24, 2.45) is 4.99 Å². The van der Waals surface area contributed by atoms with E-state index in [2.05, 4.69) is 27.7 Å². The molecule has 0 saturated heterocycles. The van der Waals surface area contributed by atoms with Crippen LogP contribution in [-0.2, 0) is 11.3 Å². The summed E-state index contributed by atoms with van der Waals surface area (Å²) in [4.78, 5) is 18.8. The fraction of sp³-hybridized carbons (Fsp3) is 0.333. The molecule has 2 aromatic rings. The largest absolute Gasteiger partial charge is 0.460 e. The Morgan fingerprint density at radius 1 is 1.19 bits per heavy atom. The molecule has 2 aromatic carbocycles. The highest BCUT2D eigenvalue weighted by atomic mass is 16.5. The summed E-state index contributed by atoms with van der Waals surface area (Å²) in [5.41, 5.74) is 3.68. The number of para-hydroxylation sites is 1. The Morgan fingerprint density at radius 2 is 1.96 bits per heavy atom. The van der Waals surface area contributed by atoms with E-state index in [1.165, 1.54) is 0 Å². The molecule has 1 heterocycles. The van der Waals surface area contributed by atoms with E-state index in [-0.39, 0.29) is 12.1 Å². The lowest BCUT2D eigenvalue weighted by molar-refractivity contribution is 0.250. The zero-order valence-electron chi connectivity index (χ0n) is 15.6. The van der Waals surface area contributed by atoms with Crippen molar-refractivity contribution in [3.63, 3.8) is 0 Å². The molecule has 27 heavy (non-hydrogen) atoms. The number of nitrogens with one attached hydrogen (secondary N) is 2. The van der Waals surface area contributed by atoms with Crippen LogP contribution in [0.2, 0.25) is 0 Å². The van der Waals surface area contributed by atoms with Crippen LogP contribution in [0.25, 0.3) is 0 Å². The van der Waals surface area contributed by atoms with Crippen LogP contribution >= 0.6 is 0 Å². The molecule has 0 atom stereocenters. The number of nitrogens with zero attached hydrogens (tertiary/aromatic N) is 2. The Balaban J connectivity index is 1.55. The number of ether oxygens (including phenoxy) is 1. The number of fused-ring (bicyclic) bond motifs is 1. The summed E-state index contributed by atoms with van der Waals surface area (Å²) in [7, 11) is 0. The maximum absolute atomic E-state index is 11.9. The molecule has 6 nitrogen and oxygen atoms in total. The van der Waals surface area contributed by atoms with Gasteiger partial charge in [0.05, 0.1) is 5.69 Å². The van der Waals surface area contributed by atoms with Crippen molar-refractivity contribution >= 4 is 29.1 Å². The Morgan fingerprint density at radius 3 is 2.67 bits per heavy atom. The van der Waals surface area contributed by atoms with Gasteiger partial charge >= 0.3 is 6.03 Å².